The van der Waals surface area contributed by atoms with Crippen LogP contribution in [0.2, 0.25) is 0 Å². The number of phenols is 1. The zero-order valence-electron chi connectivity index (χ0n) is 10.4. The number of benzene rings is 1. The number of fused-ring (bicyclic) bond motifs is 3. The highest BCUT2D eigenvalue weighted by Crippen LogP contribution is 2.18. The van der Waals surface area contributed by atoms with E-state index in [1.807, 2.05) is 12.1 Å². The first-order valence-corrected chi connectivity index (χ1v) is 6.49. The molecule has 2 bridgehead atoms. The molecule has 96 valence electrons. The Morgan fingerprint density at radius 2 is 1.83 bits per heavy atom. The fourth-order valence-corrected chi connectivity index (χ4v) is 2.86. The fourth-order valence-electron chi connectivity index (χ4n) is 2.86. The number of piperazine rings is 3. The average Bonchev–Trinajstić information content (AvgIpc) is 2.42. The second-order valence-electron chi connectivity index (χ2n) is 5.16. The van der Waals surface area contributed by atoms with Gasteiger partial charge in [0.05, 0.1) is 6.04 Å². The van der Waals surface area contributed by atoms with Crippen LogP contribution < -0.4 is 0 Å². The Balaban J connectivity index is 1.66. The van der Waals surface area contributed by atoms with Crippen molar-refractivity contribution in [2.75, 3.05) is 32.7 Å². The second kappa shape index (κ2) is 4.71. The Kier molecular flexibility index (Phi) is 3.06. The lowest BCUT2D eigenvalue weighted by Gasteiger charge is -2.46. The van der Waals surface area contributed by atoms with Crippen LogP contribution in [0.25, 0.3) is 0 Å². The molecule has 3 saturated heterocycles. The molecule has 3 fully saturated rings. The van der Waals surface area contributed by atoms with E-state index in [0.717, 1.165) is 38.3 Å². The molecule has 0 aromatic heterocycles. The molecule has 3 aliphatic rings. The summed E-state index contributed by atoms with van der Waals surface area (Å²) in [7, 11) is 0. The van der Waals surface area contributed by atoms with Crippen LogP contribution in [0.3, 0.4) is 0 Å². The van der Waals surface area contributed by atoms with Crippen molar-refractivity contribution in [3.63, 3.8) is 0 Å². The van der Waals surface area contributed by atoms with Crippen molar-refractivity contribution in [3.05, 3.63) is 29.8 Å². The van der Waals surface area contributed by atoms with Crippen LogP contribution >= 0.6 is 0 Å². The number of nitrogens with zero attached hydrogens (tertiary/aromatic N) is 2. The number of hydrogen-bond donors (Lipinski definition) is 1. The molecule has 3 heterocycles. The van der Waals surface area contributed by atoms with Gasteiger partial charge in [-0.15, -0.1) is 0 Å². The third-order valence-corrected chi connectivity index (χ3v) is 3.97. The minimum Gasteiger partial charge on any atom is -0.508 e. The van der Waals surface area contributed by atoms with Crippen molar-refractivity contribution < 1.29 is 9.90 Å². The summed E-state index contributed by atoms with van der Waals surface area (Å²) in [5.41, 5.74) is 0.982. The summed E-state index contributed by atoms with van der Waals surface area (Å²) in [6.45, 7) is 5.13. The lowest BCUT2D eigenvalue weighted by atomic mass is 9.98. The molecule has 0 radical (unpaired) electrons. The Morgan fingerprint density at radius 3 is 2.39 bits per heavy atom. The van der Waals surface area contributed by atoms with E-state index in [0.29, 0.717) is 12.2 Å². The first-order valence-electron chi connectivity index (χ1n) is 6.49. The van der Waals surface area contributed by atoms with Crippen molar-refractivity contribution in [2.45, 2.75) is 12.5 Å². The maximum absolute atomic E-state index is 12.3. The van der Waals surface area contributed by atoms with Gasteiger partial charge >= 0.3 is 0 Å². The maximum Gasteiger partial charge on any atom is 0.155 e. The van der Waals surface area contributed by atoms with Crippen molar-refractivity contribution in [3.8, 4) is 5.75 Å². The van der Waals surface area contributed by atoms with Gasteiger partial charge in [0, 0.05) is 39.1 Å². The Hall–Kier alpha value is -1.39. The van der Waals surface area contributed by atoms with E-state index in [9.17, 15) is 9.90 Å². The summed E-state index contributed by atoms with van der Waals surface area (Å²) < 4.78 is 0. The molecule has 4 heteroatoms. The molecular formula is C14H18N2O2. The van der Waals surface area contributed by atoms with E-state index in [1.165, 1.54) is 0 Å². The monoisotopic (exact) mass is 246 g/mol. The third kappa shape index (κ3) is 2.26. The smallest absolute Gasteiger partial charge is 0.155 e. The van der Waals surface area contributed by atoms with Crippen LogP contribution in [0, 0.1) is 0 Å². The number of carbonyl (C=O) groups excluding carboxylic acids is 1. The highest BCUT2D eigenvalue weighted by atomic mass is 16.3. The average molecular weight is 246 g/mol. The van der Waals surface area contributed by atoms with E-state index >= 15 is 0 Å². The number of Topliss-reactive ketones (excluding diaryl/α,β-unsaturated/α-hetero) is 1. The van der Waals surface area contributed by atoms with Crippen LogP contribution in [-0.4, -0.2) is 59.5 Å². The zero-order valence-corrected chi connectivity index (χ0v) is 10.4. The van der Waals surface area contributed by atoms with Crippen LogP contribution in [0.1, 0.15) is 5.56 Å². The molecule has 1 unspecified atom stereocenters. The van der Waals surface area contributed by atoms with Gasteiger partial charge in [0.2, 0.25) is 0 Å². The quantitative estimate of drug-likeness (QED) is 0.843. The molecule has 0 amide bonds. The minimum absolute atomic E-state index is 0.0707. The largest absolute Gasteiger partial charge is 0.508 e. The number of ketones is 1. The molecule has 1 aromatic carbocycles. The molecule has 1 aromatic rings. The van der Waals surface area contributed by atoms with Crippen molar-refractivity contribution >= 4 is 5.78 Å². The predicted molar refractivity (Wildman–Crippen MR) is 68.6 cm³/mol. The molecule has 4 nitrogen and oxygen atoms in total. The van der Waals surface area contributed by atoms with Gasteiger partial charge in [-0.25, -0.2) is 0 Å². The SMILES string of the molecule is O=C(Cc1ccc(O)cc1)C1CN2CCN1CC2. The van der Waals surface area contributed by atoms with Gasteiger partial charge < -0.3 is 5.11 Å². The van der Waals surface area contributed by atoms with Gasteiger partial charge in [-0.3, -0.25) is 14.6 Å². The van der Waals surface area contributed by atoms with E-state index in [-0.39, 0.29) is 11.8 Å². The normalized spacial score (nSPS) is 30.3. The standard InChI is InChI=1S/C14H18N2O2/c17-12-3-1-11(2-4-12)9-14(18)13-10-15-5-7-16(13)8-6-15/h1-4,13,17H,5-10H2. The molecule has 3 aliphatic heterocycles. The molecule has 0 spiro atoms. The lowest BCUT2D eigenvalue weighted by Crippen LogP contribution is -2.63. The van der Waals surface area contributed by atoms with E-state index in [1.54, 1.807) is 12.1 Å². The number of carbonyl (C=O) groups is 1. The molecule has 0 aliphatic carbocycles. The molecular weight excluding hydrogens is 228 g/mol. The molecule has 1 atom stereocenters. The van der Waals surface area contributed by atoms with Gasteiger partial charge in [0.25, 0.3) is 0 Å². The van der Waals surface area contributed by atoms with Crippen molar-refractivity contribution in [1.82, 2.24) is 9.80 Å². The van der Waals surface area contributed by atoms with Crippen LogP contribution in [0.15, 0.2) is 24.3 Å². The Labute approximate surface area is 107 Å². The second-order valence-corrected chi connectivity index (χ2v) is 5.16. The minimum atomic E-state index is 0.0707. The molecule has 1 N–H and O–H groups in total. The van der Waals surface area contributed by atoms with Gasteiger partial charge in [-0.05, 0) is 17.7 Å². The molecule has 0 saturated carbocycles. The number of rotatable bonds is 3. The van der Waals surface area contributed by atoms with Crippen LogP contribution in [-0.2, 0) is 11.2 Å². The first kappa shape index (κ1) is 11.7. The van der Waals surface area contributed by atoms with Gasteiger partial charge in [-0.1, -0.05) is 12.1 Å². The first-order chi connectivity index (χ1) is 8.72. The summed E-state index contributed by atoms with van der Waals surface area (Å²) in [5.74, 6) is 0.544. The van der Waals surface area contributed by atoms with E-state index in [4.69, 9.17) is 0 Å². The highest BCUT2D eigenvalue weighted by molar-refractivity contribution is 5.86. The Bertz CT molecular complexity index is 436. The van der Waals surface area contributed by atoms with Crippen LogP contribution in [0.5, 0.6) is 5.75 Å². The summed E-state index contributed by atoms with van der Waals surface area (Å²) in [6.07, 6.45) is 0.468. The number of aromatic hydroxyl groups is 1. The topological polar surface area (TPSA) is 43.8 Å². The summed E-state index contributed by atoms with van der Waals surface area (Å²) in [5, 5.41) is 9.23. The summed E-state index contributed by atoms with van der Waals surface area (Å²) in [4.78, 5) is 17.0. The Morgan fingerprint density at radius 1 is 1.17 bits per heavy atom. The van der Waals surface area contributed by atoms with Gasteiger partial charge in [-0.2, -0.15) is 0 Å². The predicted octanol–water partition coefficient (Wildman–Crippen LogP) is 0.504. The fraction of sp³-hybridized carbons (Fsp3) is 0.500. The summed E-state index contributed by atoms with van der Waals surface area (Å²) >= 11 is 0. The zero-order chi connectivity index (χ0) is 12.5. The lowest BCUT2D eigenvalue weighted by molar-refractivity contribution is -0.128. The van der Waals surface area contributed by atoms with E-state index < -0.39 is 0 Å². The van der Waals surface area contributed by atoms with Gasteiger partial charge in [0.1, 0.15) is 5.75 Å². The van der Waals surface area contributed by atoms with Crippen molar-refractivity contribution in [1.29, 1.82) is 0 Å². The van der Waals surface area contributed by atoms with Crippen molar-refractivity contribution in [2.24, 2.45) is 0 Å². The summed E-state index contributed by atoms with van der Waals surface area (Å²) in [6, 6.07) is 6.99. The van der Waals surface area contributed by atoms with E-state index in [2.05, 4.69) is 9.80 Å². The highest BCUT2D eigenvalue weighted by Gasteiger charge is 2.35. The third-order valence-electron chi connectivity index (χ3n) is 3.97. The number of hydrogen-bond acceptors (Lipinski definition) is 4. The maximum atomic E-state index is 12.3. The van der Waals surface area contributed by atoms with Gasteiger partial charge in [0.15, 0.2) is 5.78 Å². The van der Waals surface area contributed by atoms with Crippen LogP contribution in [0.4, 0.5) is 0 Å². The molecule has 4 rings (SSSR count). The molecule has 18 heavy (non-hydrogen) atoms. The number of phenolic OH excluding ortho intramolecular Hbond substituents is 1.